The van der Waals surface area contributed by atoms with E-state index in [2.05, 4.69) is 44.7 Å². The van der Waals surface area contributed by atoms with E-state index in [1.165, 1.54) is 10.9 Å². The Morgan fingerprint density at radius 2 is 1.70 bits per heavy atom. The number of carbonyl (C=O) groups is 1. The first kappa shape index (κ1) is 25.1. The SMILES string of the molecule is Cc1oc2c(C)c(C)c(OCc3ccccc3)c(C)c2c1CN1CCC[C@H]1COc1ccc(C=O)cc1. The van der Waals surface area contributed by atoms with Crippen molar-refractivity contribution in [3.8, 4) is 11.5 Å². The van der Waals surface area contributed by atoms with E-state index in [4.69, 9.17) is 13.9 Å². The smallest absolute Gasteiger partial charge is 0.150 e. The lowest BCUT2D eigenvalue weighted by Crippen LogP contribution is -2.33. The van der Waals surface area contributed by atoms with Gasteiger partial charge in [-0.2, -0.15) is 0 Å². The summed E-state index contributed by atoms with van der Waals surface area (Å²) in [5.41, 5.74) is 7.43. The van der Waals surface area contributed by atoms with Crippen LogP contribution < -0.4 is 9.47 Å². The minimum absolute atomic E-state index is 0.329. The predicted molar refractivity (Wildman–Crippen MR) is 147 cm³/mol. The number of ether oxygens (including phenoxy) is 2. The Kier molecular flexibility index (Phi) is 7.33. The van der Waals surface area contributed by atoms with Crippen molar-refractivity contribution in [2.75, 3.05) is 13.2 Å². The van der Waals surface area contributed by atoms with E-state index in [1.807, 2.05) is 30.3 Å². The second-order valence-electron chi connectivity index (χ2n) is 10.1. The van der Waals surface area contributed by atoms with Crippen LogP contribution in [0.25, 0.3) is 11.0 Å². The van der Waals surface area contributed by atoms with E-state index in [-0.39, 0.29) is 0 Å². The molecule has 0 radical (unpaired) electrons. The van der Waals surface area contributed by atoms with Crippen molar-refractivity contribution in [2.24, 2.45) is 0 Å². The van der Waals surface area contributed by atoms with E-state index in [1.54, 1.807) is 12.1 Å². The molecule has 1 aliphatic heterocycles. The van der Waals surface area contributed by atoms with Crippen LogP contribution in [0.3, 0.4) is 0 Å². The Bertz CT molecular complexity index is 1390. The zero-order chi connectivity index (χ0) is 25.9. The largest absolute Gasteiger partial charge is 0.492 e. The third kappa shape index (κ3) is 5.14. The average molecular weight is 498 g/mol. The number of carbonyl (C=O) groups excluding carboxylic acids is 1. The van der Waals surface area contributed by atoms with Gasteiger partial charge in [0.05, 0.1) is 0 Å². The molecule has 5 rings (SSSR count). The van der Waals surface area contributed by atoms with Gasteiger partial charge >= 0.3 is 0 Å². The monoisotopic (exact) mass is 497 g/mol. The molecule has 5 nitrogen and oxygen atoms in total. The summed E-state index contributed by atoms with van der Waals surface area (Å²) >= 11 is 0. The highest BCUT2D eigenvalue weighted by Crippen LogP contribution is 2.40. The maximum atomic E-state index is 10.9. The summed E-state index contributed by atoms with van der Waals surface area (Å²) < 4.78 is 18.9. The number of benzene rings is 3. The van der Waals surface area contributed by atoms with E-state index in [0.717, 1.165) is 77.3 Å². The zero-order valence-corrected chi connectivity index (χ0v) is 22.2. The molecule has 1 aliphatic rings. The number of fused-ring (bicyclic) bond motifs is 1. The van der Waals surface area contributed by atoms with Gasteiger partial charge in [-0.25, -0.2) is 0 Å². The second kappa shape index (κ2) is 10.8. The van der Waals surface area contributed by atoms with E-state index in [0.29, 0.717) is 24.8 Å². The van der Waals surface area contributed by atoms with Crippen LogP contribution in [0.5, 0.6) is 11.5 Å². The molecule has 3 aromatic carbocycles. The normalized spacial score (nSPS) is 15.8. The molecule has 37 heavy (non-hydrogen) atoms. The average Bonchev–Trinajstić information content (AvgIpc) is 3.51. The van der Waals surface area contributed by atoms with Crippen LogP contribution in [-0.4, -0.2) is 30.4 Å². The number of aryl methyl sites for hydroxylation is 3. The highest BCUT2D eigenvalue weighted by atomic mass is 16.5. The lowest BCUT2D eigenvalue weighted by molar-refractivity contribution is 0.112. The topological polar surface area (TPSA) is 51.9 Å². The molecule has 0 spiro atoms. The maximum absolute atomic E-state index is 10.9. The Morgan fingerprint density at radius 1 is 0.946 bits per heavy atom. The Hall–Kier alpha value is -3.57. The number of aldehydes is 1. The van der Waals surface area contributed by atoms with Gasteiger partial charge in [-0.05, 0) is 88.0 Å². The molecule has 5 heteroatoms. The zero-order valence-electron chi connectivity index (χ0n) is 22.2. The van der Waals surface area contributed by atoms with Crippen molar-refractivity contribution in [3.05, 3.63) is 93.7 Å². The molecule has 0 unspecified atom stereocenters. The van der Waals surface area contributed by atoms with Crippen molar-refractivity contribution >= 4 is 17.3 Å². The molecular formula is C32H35NO4. The fourth-order valence-electron chi connectivity index (χ4n) is 5.44. The summed E-state index contributed by atoms with van der Waals surface area (Å²) in [4.78, 5) is 13.4. The Balaban J connectivity index is 1.38. The quantitative estimate of drug-likeness (QED) is 0.231. The lowest BCUT2D eigenvalue weighted by Gasteiger charge is -2.25. The molecule has 2 heterocycles. The molecule has 1 saturated heterocycles. The van der Waals surface area contributed by atoms with E-state index < -0.39 is 0 Å². The molecule has 4 aromatic rings. The van der Waals surface area contributed by atoms with E-state index >= 15 is 0 Å². The Labute approximate surface area is 219 Å². The first-order valence-electron chi connectivity index (χ1n) is 13.1. The Morgan fingerprint density at radius 3 is 2.43 bits per heavy atom. The summed E-state index contributed by atoms with van der Waals surface area (Å²) in [7, 11) is 0. The maximum Gasteiger partial charge on any atom is 0.150 e. The van der Waals surface area contributed by atoms with Crippen LogP contribution in [0, 0.1) is 27.7 Å². The summed E-state index contributed by atoms with van der Waals surface area (Å²) in [6.07, 6.45) is 3.10. The molecule has 1 fully saturated rings. The molecule has 0 aliphatic carbocycles. The number of rotatable bonds is 9. The third-order valence-corrected chi connectivity index (χ3v) is 7.71. The molecule has 0 N–H and O–H groups in total. The first-order chi connectivity index (χ1) is 18.0. The van der Waals surface area contributed by atoms with Crippen LogP contribution >= 0.6 is 0 Å². The van der Waals surface area contributed by atoms with Gasteiger partial charge in [-0.1, -0.05) is 30.3 Å². The van der Waals surface area contributed by atoms with Crippen molar-refractivity contribution in [3.63, 3.8) is 0 Å². The summed E-state index contributed by atoms with van der Waals surface area (Å²) in [5.74, 6) is 2.72. The molecule has 0 bridgehead atoms. The summed E-state index contributed by atoms with van der Waals surface area (Å²) in [5, 5.41) is 1.18. The fourth-order valence-corrected chi connectivity index (χ4v) is 5.44. The first-order valence-corrected chi connectivity index (χ1v) is 13.1. The molecule has 1 atom stereocenters. The van der Waals surface area contributed by atoms with Crippen molar-refractivity contribution in [1.29, 1.82) is 0 Å². The van der Waals surface area contributed by atoms with Gasteiger partial charge in [-0.3, -0.25) is 9.69 Å². The van der Waals surface area contributed by atoms with Gasteiger partial charge in [0, 0.05) is 34.7 Å². The highest BCUT2D eigenvalue weighted by Gasteiger charge is 2.29. The molecule has 0 saturated carbocycles. The van der Waals surface area contributed by atoms with Crippen molar-refractivity contribution < 1.29 is 18.7 Å². The molecule has 1 aromatic heterocycles. The number of nitrogens with zero attached hydrogens (tertiary/aromatic N) is 1. The minimum atomic E-state index is 0.329. The van der Waals surface area contributed by atoms with Crippen molar-refractivity contribution in [1.82, 2.24) is 4.90 Å². The van der Waals surface area contributed by atoms with Gasteiger partial charge in [0.25, 0.3) is 0 Å². The number of furan rings is 1. The number of likely N-dealkylation sites (tertiary alicyclic amines) is 1. The summed E-state index contributed by atoms with van der Waals surface area (Å²) in [6.45, 7) is 11.5. The molecule has 192 valence electrons. The van der Waals surface area contributed by atoms with Crippen molar-refractivity contribution in [2.45, 2.75) is 59.7 Å². The van der Waals surface area contributed by atoms with Crippen LogP contribution in [0.4, 0.5) is 0 Å². The van der Waals surface area contributed by atoms with Gasteiger partial charge in [0.15, 0.2) is 0 Å². The number of hydrogen-bond acceptors (Lipinski definition) is 5. The standard InChI is InChI=1S/C32H35NO4/c1-21-22(2)32-30(23(3)31(21)36-19-26-9-6-5-7-10-26)29(24(4)37-32)17-33-16-8-11-27(33)20-35-28-14-12-25(18-34)13-15-28/h5-7,9-10,12-15,18,27H,8,11,16-17,19-20H2,1-4H3/t27-/m0/s1. The van der Waals surface area contributed by atoms with Gasteiger partial charge < -0.3 is 13.9 Å². The lowest BCUT2D eigenvalue weighted by atomic mass is 9.97. The highest BCUT2D eigenvalue weighted by molar-refractivity contribution is 5.91. The van der Waals surface area contributed by atoms with Crippen LogP contribution in [0.15, 0.2) is 59.0 Å². The van der Waals surface area contributed by atoms with E-state index in [9.17, 15) is 4.79 Å². The van der Waals surface area contributed by atoms with Crippen LogP contribution in [0.2, 0.25) is 0 Å². The minimum Gasteiger partial charge on any atom is -0.492 e. The predicted octanol–water partition coefficient (Wildman–Crippen LogP) is 7.10. The van der Waals surface area contributed by atoms with Gasteiger partial charge in [0.1, 0.15) is 42.3 Å². The van der Waals surface area contributed by atoms with Crippen LogP contribution in [-0.2, 0) is 13.2 Å². The molecule has 0 amide bonds. The third-order valence-electron chi connectivity index (χ3n) is 7.71. The van der Waals surface area contributed by atoms with Gasteiger partial charge in [0.2, 0.25) is 0 Å². The van der Waals surface area contributed by atoms with Gasteiger partial charge in [-0.15, -0.1) is 0 Å². The second-order valence-corrected chi connectivity index (χ2v) is 10.1. The molecular weight excluding hydrogens is 462 g/mol. The number of hydrogen-bond donors (Lipinski definition) is 0. The van der Waals surface area contributed by atoms with Crippen LogP contribution in [0.1, 0.15) is 56.8 Å². The summed E-state index contributed by atoms with van der Waals surface area (Å²) in [6, 6.07) is 17.9. The fraction of sp³-hybridized carbons (Fsp3) is 0.344.